The highest BCUT2D eigenvalue weighted by Crippen LogP contribution is 2.30. The van der Waals surface area contributed by atoms with Crippen molar-refractivity contribution in [2.75, 3.05) is 33.3 Å². The number of hydrogen-bond donors (Lipinski definition) is 0. The molecule has 0 aliphatic carbocycles. The van der Waals surface area contributed by atoms with Crippen LogP contribution in [-0.4, -0.2) is 63.2 Å². The second-order valence-electron chi connectivity index (χ2n) is 7.71. The van der Waals surface area contributed by atoms with Crippen molar-refractivity contribution in [3.8, 4) is 5.75 Å². The summed E-state index contributed by atoms with van der Waals surface area (Å²) in [5, 5.41) is 0. The fraction of sp³-hybridized carbons (Fsp3) is 0.364. The fourth-order valence-corrected chi connectivity index (χ4v) is 5.14. The minimum Gasteiger partial charge on any atom is -0.492 e. The second kappa shape index (κ2) is 8.66. The molecule has 0 bridgehead atoms. The predicted octanol–water partition coefficient (Wildman–Crippen LogP) is 2.52. The first-order valence-corrected chi connectivity index (χ1v) is 11.6. The van der Waals surface area contributed by atoms with Crippen LogP contribution in [0.25, 0.3) is 0 Å². The molecule has 31 heavy (non-hydrogen) atoms. The zero-order chi connectivity index (χ0) is 22.0. The molecule has 7 nitrogen and oxygen atoms in total. The first-order chi connectivity index (χ1) is 14.8. The van der Waals surface area contributed by atoms with Crippen LogP contribution in [0.3, 0.4) is 0 Å². The Morgan fingerprint density at radius 2 is 1.84 bits per heavy atom. The first kappa shape index (κ1) is 21.3. The van der Waals surface area contributed by atoms with E-state index in [2.05, 4.69) is 4.40 Å². The molecule has 0 spiro atoms. The van der Waals surface area contributed by atoms with Gasteiger partial charge in [0.1, 0.15) is 23.1 Å². The Kier molecular flexibility index (Phi) is 5.95. The minimum absolute atomic E-state index is 0.0451. The standard InChI is InChI=1S/C22H24FN3O4S/c1-25(14-15-30-18-8-6-17(23)7-9-18)22(27)16-10-12-26(13-11-16)21-19-4-2-3-5-20(19)31(28,29)24-21/h2-9,16H,10-15H2,1H3. The molecule has 2 heterocycles. The molecule has 2 aliphatic heterocycles. The Bertz CT molecular complexity index is 1090. The molecule has 4 rings (SSSR count). The van der Waals surface area contributed by atoms with Crippen LogP contribution in [0, 0.1) is 11.7 Å². The summed E-state index contributed by atoms with van der Waals surface area (Å²) in [4.78, 5) is 16.6. The predicted molar refractivity (Wildman–Crippen MR) is 114 cm³/mol. The van der Waals surface area contributed by atoms with Gasteiger partial charge in [0.15, 0.2) is 5.84 Å². The Labute approximate surface area is 181 Å². The van der Waals surface area contributed by atoms with Crippen molar-refractivity contribution in [2.45, 2.75) is 17.7 Å². The number of rotatable bonds is 5. The molecule has 0 N–H and O–H groups in total. The number of hydrogen-bond acceptors (Lipinski definition) is 5. The van der Waals surface area contributed by atoms with E-state index in [1.807, 2.05) is 4.90 Å². The SMILES string of the molecule is CN(CCOc1ccc(F)cc1)C(=O)C1CCN(C2=NS(=O)(=O)c3ccccc32)CC1. The molecule has 0 atom stereocenters. The van der Waals surface area contributed by atoms with Crippen LogP contribution in [0.4, 0.5) is 4.39 Å². The summed E-state index contributed by atoms with van der Waals surface area (Å²) >= 11 is 0. The van der Waals surface area contributed by atoms with Gasteiger partial charge in [-0.2, -0.15) is 8.42 Å². The van der Waals surface area contributed by atoms with Crippen molar-refractivity contribution in [2.24, 2.45) is 10.3 Å². The minimum atomic E-state index is -3.65. The van der Waals surface area contributed by atoms with Gasteiger partial charge in [-0.15, -0.1) is 4.40 Å². The normalized spacial score (nSPS) is 17.7. The van der Waals surface area contributed by atoms with E-state index in [9.17, 15) is 17.6 Å². The van der Waals surface area contributed by atoms with Crippen LogP contribution >= 0.6 is 0 Å². The third kappa shape index (κ3) is 4.56. The van der Waals surface area contributed by atoms with Crippen molar-refractivity contribution in [3.63, 3.8) is 0 Å². The molecule has 2 aliphatic rings. The number of benzene rings is 2. The zero-order valence-electron chi connectivity index (χ0n) is 17.2. The van der Waals surface area contributed by atoms with Crippen LogP contribution in [0.1, 0.15) is 18.4 Å². The lowest BCUT2D eigenvalue weighted by molar-refractivity contribution is -0.135. The summed E-state index contributed by atoms with van der Waals surface area (Å²) in [6, 6.07) is 12.6. The number of carbonyl (C=O) groups is 1. The van der Waals surface area contributed by atoms with Crippen LogP contribution < -0.4 is 4.74 Å². The maximum absolute atomic E-state index is 12.9. The second-order valence-corrected chi connectivity index (χ2v) is 9.28. The zero-order valence-corrected chi connectivity index (χ0v) is 18.0. The summed E-state index contributed by atoms with van der Waals surface area (Å²) < 4.78 is 47.0. The highest BCUT2D eigenvalue weighted by molar-refractivity contribution is 7.90. The molecule has 0 unspecified atom stereocenters. The van der Waals surface area contributed by atoms with Crippen molar-refractivity contribution >= 4 is 21.8 Å². The van der Waals surface area contributed by atoms with E-state index in [1.54, 1.807) is 48.3 Å². The number of likely N-dealkylation sites (tertiary alicyclic amines) is 1. The summed E-state index contributed by atoms with van der Waals surface area (Å²) in [7, 11) is -1.90. The maximum atomic E-state index is 12.9. The van der Waals surface area contributed by atoms with Crippen LogP contribution in [0.2, 0.25) is 0 Å². The first-order valence-electron chi connectivity index (χ1n) is 10.2. The average molecular weight is 446 g/mol. The molecule has 0 saturated carbocycles. The lowest BCUT2D eigenvalue weighted by Crippen LogP contribution is -2.44. The third-order valence-corrected chi connectivity index (χ3v) is 6.97. The van der Waals surface area contributed by atoms with Gasteiger partial charge in [-0.25, -0.2) is 4.39 Å². The van der Waals surface area contributed by atoms with Gasteiger partial charge in [0.2, 0.25) is 5.91 Å². The van der Waals surface area contributed by atoms with Gasteiger partial charge < -0.3 is 14.5 Å². The monoisotopic (exact) mass is 445 g/mol. The van der Waals surface area contributed by atoms with E-state index in [1.165, 1.54) is 12.1 Å². The van der Waals surface area contributed by atoms with Crippen LogP contribution in [-0.2, 0) is 14.8 Å². The van der Waals surface area contributed by atoms with Gasteiger partial charge in [0, 0.05) is 31.6 Å². The molecule has 1 fully saturated rings. The smallest absolute Gasteiger partial charge is 0.285 e. The number of carbonyl (C=O) groups excluding carboxylic acids is 1. The quantitative estimate of drug-likeness (QED) is 0.707. The number of amidine groups is 1. The van der Waals surface area contributed by atoms with Crippen molar-refractivity contribution in [1.29, 1.82) is 0 Å². The Morgan fingerprint density at radius 1 is 1.16 bits per heavy atom. The molecular formula is C22H24FN3O4S. The molecule has 0 radical (unpaired) electrons. The van der Waals surface area contributed by atoms with E-state index >= 15 is 0 Å². The lowest BCUT2D eigenvalue weighted by Gasteiger charge is -2.34. The number of piperidine rings is 1. The molecule has 0 aromatic heterocycles. The van der Waals surface area contributed by atoms with Gasteiger partial charge in [-0.1, -0.05) is 12.1 Å². The Hall–Kier alpha value is -2.94. The number of likely N-dealkylation sites (N-methyl/N-ethyl adjacent to an activating group) is 1. The molecular weight excluding hydrogens is 421 g/mol. The lowest BCUT2D eigenvalue weighted by atomic mass is 9.95. The Balaban J connectivity index is 1.29. The number of nitrogens with zero attached hydrogens (tertiary/aromatic N) is 3. The van der Waals surface area contributed by atoms with Gasteiger partial charge in [-0.05, 0) is 49.2 Å². The summed E-state index contributed by atoms with van der Waals surface area (Å²) in [5.41, 5.74) is 0.627. The summed E-state index contributed by atoms with van der Waals surface area (Å²) in [5.74, 6) is 0.631. The van der Waals surface area contributed by atoms with E-state index < -0.39 is 10.0 Å². The van der Waals surface area contributed by atoms with Gasteiger partial charge in [-0.3, -0.25) is 4.79 Å². The van der Waals surface area contributed by atoms with Crippen LogP contribution in [0.15, 0.2) is 57.8 Å². The Morgan fingerprint density at radius 3 is 2.55 bits per heavy atom. The molecule has 164 valence electrons. The highest BCUT2D eigenvalue weighted by atomic mass is 32.2. The van der Waals surface area contributed by atoms with E-state index in [0.717, 1.165) is 0 Å². The van der Waals surface area contributed by atoms with Crippen molar-refractivity contribution < 1.29 is 22.3 Å². The summed E-state index contributed by atoms with van der Waals surface area (Å²) in [6.07, 6.45) is 1.26. The number of amides is 1. The number of halogens is 1. The molecule has 2 aromatic carbocycles. The molecule has 2 aromatic rings. The molecule has 9 heteroatoms. The van der Waals surface area contributed by atoms with Gasteiger partial charge in [0.05, 0.1) is 6.54 Å². The van der Waals surface area contributed by atoms with Gasteiger partial charge >= 0.3 is 0 Å². The van der Waals surface area contributed by atoms with E-state index in [0.29, 0.717) is 56.2 Å². The van der Waals surface area contributed by atoms with Crippen molar-refractivity contribution in [3.05, 3.63) is 59.9 Å². The number of ether oxygens (including phenoxy) is 1. The maximum Gasteiger partial charge on any atom is 0.285 e. The highest BCUT2D eigenvalue weighted by Gasteiger charge is 2.34. The largest absolute Gasteiger partial charge is 0.492 e. The average Bonchev–Trinajstić information content (AvgIpc) is 3.06. The third-order valence-electron chi connectivity index (χ3n) is 5.64. The van der Waals surface area contributed by atoms with Gasteiger partial charge in [0.25, 0.3) is 10.0 Å². The topological polar surface area (TPSA) is 79.3 Å². The number of sulfonamides is 1. The van der Waals surface area contributed by atoms with Crippen molar-refractivity contribution in [1.82, 2.24) is 9.80 Å². The van der Waals surface area contributed by atoms with E-state index in [-0.39, 0.29) is 22.5 Å². The number of fused-ring (bicyclic) bond motifs is 1. The fourth-order valence-electron chi connectivity index (χ4n) is 3.91. The summed E-state index contributed by atoms with van der Waals surface area (Å²) in [6.45, 7) is 1.88. The molecule has 1 amide bonds. The molecule has 1 saturated heterocycles. The van der Waals surface area contributed by atoms with E-state index in [4.69, 9.17) is 4.74 Å². The van der Waals surface area contributed by atoms with Crippen LogP contribution in [0.5, 0.6) is 5.75 Å².